The van der Waals surface area contributed by atoms with Crippen LogP contribution in [0.3, 0.4) is 0 Å². The highest BCUT2D eigenvalue weighted by atomic mass is 16.2. The summed E-state index contributed by atoms with van der Waals surface area (Å²) in [6, 6.07) is 22.2. The Morgan fingerprint density at radius 3 is 2.43 bits per heavy atom. The SMILES string of the molecule is CCC(CC(=O)Nc1cccc(C(=O)Nc2ccccn2)c1)c1ccccc1. The highest BCUT2D eigenvalue weighted by Crippen LogP contribution is 2.23. The third-order valence-corrected chi connectivity index (χ3v) is 4.51. The number of nitrogens with zero attached hydrogens (tertiary/aromatic N) is 1. The zero-order valence-corrected chi connectivity index (χ0v) is 15.8. The average Bonchev–Trinajstić information content (AvgIpc) is 2.73. The summed E-state index contributed by atoms with van der Waals surface area (Å²) in [6.45, 7) is 2.08. The van der Waals surface area contributed by atoms with Crippen molar-refractivity contribution >= 4 is 23.3 Å². The Bertz CT molecular complexity index is 927. The normalized spacial score (nSPS) is 11.5. The molecular formula is C23H23N3O2. The first-order chi connectivity index (χ1) is 13.7. The van der Waals surface area contributed by atoms with Gasteiger partial charge in [-0.05, 0) is 48.2 Å². The Labute approximate surface area is 164 Å². The van der Waals surface area contributed by atoms with Crippen LogP contribution in [-0.4, -0.2) is 16.8 Å². The third-order valence-electron chi connectivity index (χ3n) is 4.51. The first-order valence-electron chi connectivity index (χ1n) is 9.33. The van der Waals surface area contributed by atoms with E-state index in [1.54, 1.807) is 48.7 Å². The Morgan fingerprint density at radius 2 is 1.71 bits per heavy atom. The first-order valence-corrected chi connectivity index (χ1v) is 9.33. The van der Waals surface area contributed by atoms with Crippen LogP contribution < -0.4 is 10.6 Å². The van der Waals surface area contributed by atoms with Crippen LogP contribution in [0.1, 0.15) is 41.6 Å². The van der Waals surface area contributed by atoms with Gasteiger partial charge in [0.05, 0.1) is 0 Å². The Balaban J connectivity index is 1.63. The Kier molecular flexibility index (Phi) is 6.52. The van der Waals surface area contributed by atoms with Crippen molar-refractivity contribution in [3.63, 3.8) is 0 Å². The van der Waals surface area contributed by atoms with Gasteiger partial charge in [0.2, 0.25) is 5.91 Å². The van der Waals surface area contributed by atoms with Crippen LogP contribution >= 0.6 is 0 Å². The highest BCUT2D eigenvalue weighted by molar-refractivity contribution is 6.04. The lowest BCUT2D eigenvalue weighted by Crippen LogP contribution is -2.17. The summed E-state index contributed by atoms with van der Waals surface area (Å²) in [5.41, 5.74) is 2.21. The van der Waals surface area contributed by atoms with Gasteiger partial charge in [0, 0.05) is 23.9 Å². The van der Waals surface area contributed by atoms with Gasteiger partial charge >= 0.3 is 0 Å². The lowest BCUT2D eigenvalue weighted by atomic mass is 9.93. The minimum absolute atomic E-state index is 0.0713. The number of amides is 2. The molecule has 0 spiro atoms. The number of pyridine rings is 1. The van der Waals surface area contributed by atoms with E-state index in [1.807, 2.05) is 30.3 Å². The van der Waals surface area contributed by atoms with Gasteiger partial charge in [0.15, 0.2) is 0 Å². The van der Waals surface area contributed by atoms with E-state index in [-0.39, 0.29) is 17.7 Å². The lowest BCUT2D eigenvalue weighted by molar-refractivity contribution is -0.116. The quantitative estimate of drug-likeness (QED) is 0.621. The van der Waals surface area contributed by atoms with Crippen LogP contribution in [0.5, 0.6) is 0 Å². The smallest absolute Gasteiger partial charge is 0.256 e. The molecule has 1 aromatic heterocycles. The van der Waals surface area contributed by atoms with Gasteiger partial charge < -0.3 is 10.6 Å². The fraction of sp³-hybridized carbons (Fsp3) is 0.174. The van der Waals surface area contributed by atoms with E-state index in [2.05, 4.69) is 22.5 Å². The minimum atomic E-state index is -0.273. The first kappa shape index (κ1) is 19.3. The summed E-state index contributed by atoms with van der Waals surface area (Å²) in [7, 11) is 0. The zero-order valence-electron chi connectivity index (χ0n) is 15.8. The molecule has 5 heteroatoms. The fourth-order valence-corrected chi connectivity index (χ4v) is 3.02. The van der Waals surface area contributed by atoms with E-state index in [1.165, 1.54) is 0 Å². The molecule has 1 atom stereocenters. The number of carbonyl (C=O) groups is 2. The number of benzene rings is 2. The fourth-order valence-electron chi connectivity index (χ4n) is 3.02. The van der Waals surface area contributed by atoms with Crippen molar-refractivity contribution in [3.05, 3.63) is 90.1 Å². The molecule has 0 aliphatic heterocycles. The van der Waals surface area contributed by atoms with Crippen LogP contribution in [0, 0.1) is 0 Å². The molecule has 0 radical (unpaired) electrons. The molecule has 5 nitrogen and oxygen atoms in total. The highest BCUT2D eigenvalue weighted by Gasteiger charge is 2.15. The van der Waals surface area contributed by atoms with Gasteiger partial charge in [-0.1, -0.05) is 49.4 Å². The number of nitrogens with one attached hydrogen (secondary N) is 2. The molecule has 0 saturated carbocycles. The largest absolute Gasteiger partial charge is 0.326 e. The molecule has 0 saturated heterocycles. The van der Waals surface area contributed by atoms with Crippen LogP contribution in [0.15, 0.2) is 79.0 Å². The third kappa shape index (κ3) is 5.27. The van der Waals surface area contributed by atoms with Crippen molar-refractivity contribution in [2.45, 2.75) is 25.7 Å². The van der Waals surface area contributed by atoms with E-state index < -0.39 is 0 Å². The molecule has 1 heterocycles. The maximum atomic E-state index is 12.5. The number of hydrogen-bond acceptors (Lipinski definition) is 3. The standard InChI is InChI=1S/C23H23N3O2/c1-2-17(18-9-4-3-5-10-18)16-22(27)25-20-12-8-11-19(15-20)23(28)26-21-13-6-7-14-24-21/h3-15,17H,2,16H2,1H3,(H,25,27)(H,24,26,28). The van der Waals surface area contributed by atoms with Gasteiger partial charge in [0.25, 0.3) is 5.91 Å². The van der Waals surface area contributed by atoms with Crippen LogP contribution in [0.2, 0.25) is 0 Å². The van der Waals surface area contributed by atoms with Crippen molar-refractivity contribution < 1.29 is 9.59 Å². The van der Waals surface area contributed by atoms with Gasteiger partial charge in [0.1, 0.15) is 5.82 Å². The molecule has 28 heavy (non-hydrogen) atoms. The van der Waals surface area contributed by atoms with E-state index in [0.717, 1.165) is 12.0 Å². The molecule has 0 aliphatic carbocycles. The predicted molar refractivity (Wildman–Crippen MR) is 111 cm³/mol. The van der Waals surface area contributed by atoms with Crippen molar-refractivity contribution in [2.24, 2.45) is 0 Å². The minimum Gasteiger partial charge on any atom is -0.326 e. The summed E-state index contributed by atoms with van der Waals surface area (Å²) < 4.78 is 0. The number of hydrogen-bond donors (Lipinski definition) is 2. The molecule has 0 fully saturated rings. The Hall–Kier alpha value is -3.47. The molecule has 3 rings (SSSR count). The molecule has 142 valence electrons. The average molecular weight is 373 g/mol. The summed E-state index contributed by atoms with van der Waals surface area (Å²) in [4.78, 5) is 29.0. The number of aromatic nitrogens is 1. The maximum Gasteiger partial charge on any atom is 0.256 e. The topological polar surface area (TPSA) is 71.1 Å². The summed E-state index contributed by atoms with van der Waals surface area (Å²) in [6.07, 6.45) is 2.89. The van der Waals surface area contributed by atoms with E-state index >= 15 is 0 Å². The van der Waals surface area contributed by atoms with Crippen molar-refractivity contribution in [1.29, 1.82) is 0 Å². The van der Waals surface area contributed by atoms with Gasteiger partial charge in [-0.25, -0.2) is 4.98 Å². The molecule has 2 N–H and O–H groups in total. The molecular weight excluding hydrogens is 350 g/mol. The van der Waals surface area contributed by atoms with Crippen LogP contribution in [0.4, 0.5) is 11.5 Å². The molecule has 1 unspecified atom stereocenters. The van der Waals surface area contributed by atoms with E-state index in [0.29, 0.717) is 23.5 Å². The van der Waals surface area contributed by atoms with Crippen molar-refractivity contribution in [3.8, 4) is 0 Å². The Morgan fingerprint density at radius 1 is 0.929 bits per heavy atom. The maximum absolute atomic E-state index is 12.5. The summed E-state index contributed by atoms with van der Waals surface area (Å²) in [5, 5.41) is 5.64. The monoisotopic (exact) mass is 373 g/mol. The number of anilines is 2. The predicted octanol–water partition coefficient (Wildman–Crippen LogP) is 4.86. The molecule has 2 amide bonds. The molecule has 0 bridgehead atoms. The van der Waals surface area contributed by atoms with E-state index in [9.17, 15) is 9.59 Å². The molecule has 3 aromatic rings. The number of carbonyl (C=O) groups excluding carboxylic acids is 2. The van der Waals surface area contributed by atoms with E-state index in [4.69, 9.17) is 0 Å². The summed E-state index contributed by atoms with van der Waals surface area (Å²) >= 11 is 0. The second kappa shape index (κ2) is 9.46. The van der Waals surface area contributed by atoms with Crippen LogP contribution in [-0.2, 0) is 4.79 Å². The summed E-state index contributed by atoms with van der Waals surface area (Å²) in [5.74, 6) is 0.302. The van der Waals surface area contributed by atoms with Gasteiger partial charge in [-0.2, -0.15) is 0 Å². The van der Waals surface area contributed by atoms with Crippen molar-refractivity contribution in [1.82, 2.24) is 4.98 Å². The second-order valence-corrected chi connectivity index (χ2v) is 6.52. The zero-order chi connectivity index (χ0) is 19.8. The lowest BCUT2D eigenvalue weighted by Gasteiger charge is -2.15. The van der Waals surface area contributed by atoms with Gasteiger partial charge in [-0.15, -0.1) is 0 Å². The van der Waals surface area contributed by atoms with Crippen molar-refractivity contribution in [2.75, 3.05) is 10.6 Å². The molecule has 0 aliphatic rings. The van der Waals surface area contributed by atoms with Gasteiger partial charge in [-0.3, -0.25) is 9.59 Å². The second-order valence-electron chi connectivity index (χ2n) is 6.52. The number of rotatable bonds is 7. The molecule has 2 aromatic carbocycles. The van der Waals surface area contributed by atoms with Crippen LogP contribution in [0.25, 0.3) is 0 Å².